The highest BCUT2D eigenvalue weighted by Gasteiger charge is 2.02. The maximum absolute atomic E-state index is 10.6. The van der Waals surface area contributed by atoms with E-state index in [4.69, 9.17) is 10.0 Å². The number of carbonyl (C=O) groups excluding carboxylic acids is 1. The average molecular weight is 185 g/mol. The Kier molecular flexibility index (Phi) is 1.99. The van der Waals surface area contributed by atoms with Gasteiger partial charge in [-0.25, -0.2) is 0 Å². The van der Waals surface area contributed by atoms with Crippen molar-refractivity contribution >= 4 is 16.0 Å². The molecule has 1 amide bonds. The Morgan fingerprint density at radius 2 is 2.27 bits per heavy atom. The van der Waals surface area contributed by atoms with Crippen molar-refractivity contribution in [2.24, 2.45) is 0 Å². The van der Waals surface area contributed by atoms with E-state index in [1.807, 2.05) is 5.32 Å². The molecule has 6 heteroatoms. The lowest BCUT2D eigenvalue weighted by Gasteiger charge is -1.98. The summed E-state index contributed by atoms with van der Waals surface area (Å²) >= 11 is 0. The second kappa shape index (κ2) is 4.30. The van der Waals surface area contributed by atoms with Crippen LogP contribution in [0.1, 0.15) is 18.8 Å². The molecule has 0 saturated carbocycles. The average Bonchev–Trinajstić information content (AvgIpc) is 1.98. The topological polar surface area (TPSA) is 83.5 Å². The van der Waals surface area contributed by atoms with Crippen LogP contribution in [0.4, 0.5) is 0 Å². The van der Waals surface area contributed by atoms with Gasteiger partial charge in [0.05, 0.1) is 5.70 Å². The monoisotopic (exact) mass is 185 g/mol. The lowest BCUT2D eigenvalue weighted by Crippen LogP contribution is -2.22. The summed E-state index contributed by atoms with van der Waals surface area (Å²) in [4.78, 5) is 10.5. The zero-order chi connectivity index (χ0) is 12.5. The van der Waals surface area contributed by atoms with Gasteiger partial charge in [0.2, 0.25) is 5.91 Å². The minimum Gasteiger partial charge on any atom is -0.356 e. The van der Waals surface area contributed by atoms with E-state index in [1.54, 1.807) is 0 Å². The van der Waals surface area contributed by atoms with Gasteiger partial charge in [0.1, 0.15) is 0 Å². The van der Waals surface area contributed by atoms with Crippen molar-refractivity contribution in [2.45, 2.75) is 13.3 Å². The number of amides is 1. The molecular weight excluding hydrogens is 170 g/mol. The van der Waals surface area contributed by atoms with Crippen LogP contribution in [0.2, 0.25) is 0 Å². The number of carbonyl (C=O) groups is 1. The maximum Gasteiger partial charge on any atom is 0.264 e. The first-order valence-electron chi connectivity index (χ1n) is 4.63. The Hall–Kier alpha value is -0.620. The number of hydrogen-bond acceptors (Lipinski definition) is 3. The molecule has 5 nitrogen and oxygen atoms in total. The van der Waals surface area contributed by atoms with Crippen molar-refractivity contribution in [1.29, 1.82) is 0 Å². The first-order valence-corrected chi connectivity index (χ1v) is 4.07. The van der Waals surface area contributed by atoms with E-state index in [-0.39, 0.29) is 0 Å². The van der Waals surface area contributed by atoms with Crippen LogP contribution in [-0.2, 0) is 14.9 Å². The fraction of sp³-hybridized carbons (Fsp3) is 0.800. The first-order chi connectivity index (χ1) is 6.42. The molecule has 0 rings (SSSR count). The lowest BCUT2D eigenvalue weighted by molar-refractivity contribution is -0.118. The molecule has 0 aromatic carbocycles. The minimum absolute atomic E-state index is 0.634. The highest BCUT2D eigenvalue weighted by Crippen LogP contribution is 1.85. The Bertz CT molecular complexity index is 352. The number of rotatable bonds is 4. The quantitative estimate of drug-likeness (QED) is 0.573. The van der Waals surface area contributed by atoms with Crippen LogP contribution in [0.3, 0.4) is 0 Å². The fourth-order valence-corrected chi connectivity index (χ4v) is 0.551. The van der Waals surface area contributed by atoms with E-state index in [0.29, 0.717) is 0 Å². The standard InChI is InChI=1S/C5H11NO4S/c1-5(7)6-3-2-4-11(8,9)10/h2-4H2,1H3,(H,6,7)(H,8,9,10)/i2D2,4D2. The molecule has 0 aromatic rings. The summed E-state index contributed by atoms with van der Waals surface area (Å²) in [6.07, 6.45) is -2.92. The van der Waals surface area contributed by atoms with Crippen molar-refractivity contribution in [3.05, 3.63) is 0 Å². The van der Waals surface area contributed by atoms with Crippen molar-refractivity contribution in [3.63, 3.8) is 0 Å². The van der Waals surface area contributed by atoms with Crippen molar-refractivity contribution < 1.29 is 23.2 Å². The Morgan fingerprint density at radius 1 is 1.73 bits per heavy atom. The summed E-state index contributed by atoms with van der Waals surface area (Å²) in [5.41, 5.74) is -3.48. The normalized spacial score (nSPS) is 19.1. The molecule has 0 saturated heterocycles. The van der Waals surface area contributed by atoms with Gasteiger partial charge in [-0.15, -0.1) is 0 Å². The predicted molar refractivity (Wildman–Crippen MR) is 39.7 cm³/mol. The van der Waals surface area contributed by atoms with Crippen molar-refractivity contribution in [1.82, 2.24) is 5.32 Å². The SMILES string of the molecule is [2H]C([2H])(CNC(C)=O)C([2H])([2H])S(=O)(=O)O. The molecule has 0 atom stereocenters. The molecule has 0 spiro atoms. The summed E-state index contributed by atoms with van der Waals surface area (Å²) in [7, 11) is -5.20. The number of hydrogen-bond donors (Lipinski definition) is 2. The summed E-state index contributed by atoms with van der Waals surface area (Å²) < 4.78 is 57.7. The molecule has 0 aliphatic heterocycles. The van der Waals surface area contributed by atoms with Gasteiger partial charge in [-0.1, -0.05) is 0 Å². The fourth-order valence-electron chi connectivity index (χ4n) is 0.296. The Morgan fingerprint density at radius 3 is 2.64 bits per heavy atom. The van der Waals surface area contributed by atoms with Crippen LogP contribution in [0.25, 0.3) is 0 Å². The Balaban J connectivity index is 4.94. The zero-order valence-corrected chi connectivity index (χ0v) is 6.60. The molecule has 0 aliphatic rings. The zero-order valence-electron chi connectivity index (χ0n) is 9.79. The third kappa shape index (κ3) is 9.38. The van der Waals surface area contributed by atoms with Gasteiger partial charge in [0.15, 0.2) is 0 Å². The molecule has 0 bridgehead atoms. The van der Waals surface area contributed by atoms with Crippen LogP contribution < -0.4 is 5.32 Å². The van der Waals surface area contributed by atoms with Gasteiger partial charge in [-0.3, -0.25) is 9.35 Å². The predicted octanol–water partition coefficient (Wildman–Crippen LogP) is -0.600. The van der Waals surface area contributed by atoms with Crippen LogP contribution >= 0.6 is 0 Å². The van der Waals surface area contributed by atoms with Gasteiger partial charge in [-0.2, -0.15) is 8.42 Å². The third-order valence-electron chi connectivity index (χ3n) is 0.627. The van der Waals surface area contributed by atoms with E-state index in [9.17, 15) is 13.2 Å². The summed E-state index contributed by atoms with van der Waals surface area (Å²) in [5, 5.41) is 1.93. The van der Waals surface area contributed by atoms with E-state index in [1.165, 1.54) is 0 Å². The third-order valence-corrected chi connectivity index (χ3v) is 1.03. The van der Waals surface area contributed by atoms with Gasteiger partial charge in [0.25, 0.3) is 10.1 Å². The molecule has 0 unspecified atom stereocenters. The van der Waals surface area contributed by atoms with E-state index in [2.05, 4.69) is 0 Å². The second-order valence-corrected chi connectivity index (χ2v) is 2.82. The van der Waals surface area contributed by atoms with Crippen molar-refractivity contribution in [2.75, 3.05) is 12.2 Å². The van der Waals surface area contributed by atoms with Gasteiger partial charge in [-0.05, 0) is 6.37 Å². The molecular formula is C5H11NO4S. The summed E-state index contributed by atoms with van der Waals surface area (Å²) in [5.74, 6) is -0.634. The first kappa shape index (κ1) is 5.10. The second-order valence-electron chi connectivity index (χ2n) is 1.66. The highest BCUT2D eigenvalue weighted by molar-refractivity contribution is 7.85. The molecule has 0 aromatic heterocycles. The summed E-state index contributed by atoms with van der Waals surface area (Å²) in [6, 6.07) is 0. The minimum atomic E-state index is -5.20. The lowest BCUT2D eigenvalue weighted by atomic mass is 10.5. The highest BCUT2D eigenvalue weighted by atomic mass is 32.2. The van der Waals surface area contributed by atoms with Crippen LogP contribution in [0, 0.1) is 0 Å². The molecule has 0 fully saturated rings. The van der Waals surface area contributed by atoms with E-state index >= 15 is 0 Å². The molecule has 2 N–H and O–H groups in total. The molecule has 11 heavy (non-hydrogen) atoms. The smallest absolute Gasteiger partial charge is 0.264 e. The number of nitrogens with one attached hydrogen (secondary N) is 1. The van der Waals surface area contributed by atoms with Crippen LogP contribution in [0.5, 0.6) is 0 Å². The molecule has 0 aliphatic carbocycles. The van der Waals surface area contributed by atoms with Crippen LogP contribution in [0.15, 0.2) is 0 Å². The van der Waals surface area contributed by atoms with Gasteiger partial charge < -0.3 is 5.32 Å². The van der Waals surface area contributed by atoms with Gasteiger partial charge in [0, 0.05) is 19.0 Å². The van der Waals surface area contributed by atoms with Gasteiger partial charge >= 0.3 is 0 Å². The molecule has 66 valence electrons. The van der Waals surface area contributed by atoms with E-state index < -0.39 is 34.6 Å². The van der Waals surface area contributed by atoms with Crippen LogP contribution in [-0.4, -0.2) is 31.1 Å². The summed E-state index contributed by atoms with van der Waals surface area (Å²) in [6.45, 7) is 0.216. The Labute approximate surface area is 71.2 Å². The largest absolute Gasteiger partial charge is 0.356 e. The van der Waals surface area contributed by atoms with Crippen molar-refractivity contribution in [3.8, 4) is 0 Å². The van der Waals surface area contributed by atoms with E-state index in [0.717, 1.165) is 6.92 Å². The molecule has 0 radical (unpaired) electrons. The maximum atomic E-state index is 10.6. The molecule has 0 heterocycles.